The zero-order valence-corrected chi connectivity index (χ0v) is 19.6. The number of anilines is 1. The van der Waals surface area contributed by atoms with Crippen LogP contribution in [0.3, 0.4) is 0 Å². The first-order valence-electron chi connectivity index (χ1n) is 11.5. The fraction of sp³-hybridized carbons (Fsp3) is 0.269. The maximum absolute atomic E-state index is 14.0. The Balaban J connectivity index is 1.30. The van der Waals surface area contributed by atoms with Crippen molar-refractivity contribution in [2.75, 3.05) is 24.6 Å². The molecule has 8 nitrogen and oxygen atoms in total. The van der Waals surface area contributed by atoms with Gasteiger partial charge in [-0.05, 0) is 48.9 Å². The number of pyridine rings is 1. The molecule has 0 amide bonds. The van der Waals surface area contributed by atoms with Gasteiger partial charge < -0.3 is 14.7 Å². The number of hydrogen-bond donors (Lipinski definition) is 1. The molecule has 36 heavy (non-hydrogen) atoms. The van der Waals surface area contributed by atoms with Gasteiger partial charge in [0.15, 0.2) is 0 Å². The summed E-state index contributed by atoms with van der Waals surface area (Å²) in [5.74, 6) is 0.506. The van der Waals surface area contributed by atoms with Gasteiger partial charge in [0, 0.05) is 36.3 Å². The van der Waals surface area contributed by atoms with Gasteiger partial charge in [0.05, 0.1) is 18.8 Å². The van der Waals surface area contributed by atoms with Crippen LogP contribution in [0.4, 0.5) is 14.6 Å². The van der Waals surface area contributed by atoms with Gasteiger partial charge in [0.1, 0.15) is 35.3 Å². The predicted molar refractivity (Wildman–Crippen MR) is 130 cm³/mol. The molecule has 5 rings (SSSR count). The van der Waals surface area contributed by atoms with E-state index in [2.05, 4.69) is 21.9 Å². The lowest BCUT2D eigenvalue weighted by molar-refractivity contribution is 0.162. The molecule has 1 aliphatic heterocycles. The maximum Gasteiger partial charge on any atom is 0.350 e. The van der Waals surface area contributed by atoms with Crippen molar-refractivity contribution in [3.05, 3.63) is 94.8 Å². The van der Waals surface area contributed by atoms with Crippen LogP contribution < -0.4 is 15.3 Å². The topological polar surface area (TPSA) is 85.4 Å². The van der Waals surface area contributed by atoms with Crippen molar-refractivity contribution < 1.29 is 18.6 Å². The average Bonchev–Trinajstić information content (AvgIpc) is 3.45. The van der Waals surface area contributed by atoms with Crippen molar-refractivity contribution in [2.45, 2.75) is 19.9 Å². The van der Waals surface area contributed by atoms with Crippen molar-refractivity contribution in [2.24, 2.45) is 5.41 Å². The summed E-state index contributed by atoms with van der Waals surface area (Å²) >= 11 is 0. The Kier molecular flexibility index (Phi) is 6.27. The van der Waals surface area contributed by atoms with Crippen molar-refractivity contribution in [3.63, 3.8) is 0 Å². The Morgan fingerprint density at radius 1 is 1.08 bits per heavy atom. The van der Waals surface area contributed by atoms with E-state index in [-0.39, 0.29) is 24.1 Å². The van der Waals surface area contributed by atoms with E-state index in [0.29, 0.717) is 17.2 Å². The number of nitrogens with zero attached hydrogens (tertiary/aromatic N) is 5. The van der Waals surface area contributed by atoms with Crippen LogP contribution in [0.5, 0.6) is 11.5 Å². The quantitative estimate of drug-likeness (QED) is 0.422. The SMILES string of the molecule is CC1(CO)CCN(c2cc(Oc3ccc(-n4ncn(Cc5c(F)cccc5F)c4=O)cc3)ccn2)C1. The Bertz CT molecular complexity index is 1420. The second-order valence-corrected chi connectivity index (χ2v) is 9.24. The summed E-state index contributed by atoms with van der Waals surface area (Å²) in [6.45, 7) is 3.46. The summed E-state index contributed by atoms with van der Waals surface area (Å²) in [5, 5.41) is 13.7. The summed E-state index contributed by atoms with van der Waals surface area (Å²) < 4.78 is 36.2. The molecule has 3 heterocycles. The molecule has 186 valence electrons. The van der Waals surface area contributed by atoms with Gasteiger partial charge in [-0.2, -0.15) is 9.78 Å². The molecule has 0 aliphatic carbocycles. The number of benzene rings is 2. The van der Waals surface area contributed by atoms with Crippen molar-refractivity contribution in [1.82, 2.24) is 19.3 Å². The van der Waals surface area contributed by atoms with Crippen LogP contribution in [0.2, 0.25) is 0 Å². The zero-order valence-electron chi connectivity index (χ0n) is 19.6. The lowest BCUT2D eigenvalue weighted by atomic mass is 9.91. The van der Waals surface area contributed by atoms with Gasteiger partial charge in [0.25, 0.3) is 0 Å². The molecule has 0 saturated carbocycles. The number of hydrogen-bond acceptors (Lipinski definition) is 6. The number of ether oxygens (including phenoxy) is 1. The highest BCUT2D eigenvalue weighted by Crippen LogP contribution is 2.33. The number of rotatable bonds is 7. The van der Waals surface area contributed by atoms with Gasteiger partial charge in [-0.1, -0.05) is 13.0 Å². The minimum absolute atomic E-state index is 0.132. The summed E-state index contributed by atoms with van der Waals surface area (Å²) in [6.07, 6.45) is 3.82. The molecule has 1 unspecified atom stereocenters. The standard InChI is InChI=1S/C26H25F2N5O3/c1-26(16-34)10-12-31(15-26)24-13-20(9-11-29-24)36-19-7-5-18(6-8-19)33-25(35)32(17-30-33)14-21-22(27)3-2-4-23(21)28/h2-9,11,13,17,34H,10,12,14-16H2,1H3. The highest BCUT2D eigenvalue weighted by molar-refractivity contribution is 5.47. The third kappa shape index (κ3) is 4.72. The van der Waals surface area contributed by atoms with E-state index in [1.165, 1.54) is 12.4 Å². The molecule has 1 saturated heterocycles. The number of aromatic nitrogens is 4. The van der Waals surface area contributed by atoms with Gasteiger partial charge >= 0.3 is 5.69 Å². The molecule has 4 aromatic rings. The monoisotopic (exact) mass is 493 g/mol. The maximum atomic E-state index is 14.0. The first kappa shape index (κ1) is 23.7. The number of aliphatic hydroxyl groups is 1. The molecule has 1 N–H and O–H groups in total. The van der Waals surface area contributed by atoms with E-state index in [9.17, 15) is 18.7 Å². The molecular weight excluding hydrogens is 468 g/mol. The Hall–Kier alpha value is -4.05. The molecule has 1 aliphatic rings. The molecule has 0 spiro atoms. The second kappa shape index (κ2) is 9.54. The van der Waals surface area contributed by atoms with Gasteiger partial charge in [-0.15, -0.1) is 0 Å². The fourth-order valence-electron chi connectivity index (χ4n) is 4.25. The van der Waals surface area contributed by atoms with E-state index in [1.54, 1.807) is 36.5 Å². The van der Waals surface area contributed by atoms with Gasteiger partial charge in [0.2, 0.25) is 0 Å². The number of halogens is 2. The van der Waals surface area contributed by atoms with E-state index in [0.717, 1.165) is 46.7 Å². The smallest absolute Gasteiger partial charge is 0.350 e. The summed E-state index contributed by atoms with van der Waals surface area (Å²) in [6, 6.07) is 13.9. The average molecular weight is 494 g/mol. The molecule has 2 aromatic carbocycles. The van der Waals surface area contributed by atoms with Crippen LogP contribution in [-0.2, 0) is 6.54 Å². The van der Waals surface area contributed by atoms with Crippen molar-refractivity contribution in [1.29, 1.82) is 0 Å². The lowest BCUT2D eigenvalue weighted by Gasteiger charge is -2.22. The minimum atomic E-state index is -0.720. The minimum Gasteiger partial charge on any atom is -0.457 e. The molecule has 10 heteroatoms. The van der Waals surface area contributed by atoms with Crippen LogP contribution in [0, 0.1) is 17.0 Å². The molecule has 1 fully saturated rings. The van der Waals surface area contributed by atoms with Gasteiger partial charge in [-0.3, -0.25) is 4.57 Å². The lowest BCUT2D eigenvalue weighted by Crippen LogP contribution is -2.27. The molecule has 1 atom stereocenters. The Morgan fingerprint density at radius 2 is 1.83 bits per heavy atom. The van der Waals surface area contributed by atoms with Crippen LogP contribution >= 0.6 is 0 Å². The summed E-state index contributed by atoms with van der Waals surface area (Å²) in [7, 11) is 0. The van der Waals surface area contributed by atoms with E-state index in [1.807, 2.05) is 6.07 Å². The molecular formula is C26H25F2N5O3. The highest BCUT2D eigenvalue weighted by atomic mass is 19.1. The molecule has 2 aromatic heterocycles. The third-order valence-electron chi connectivity index (χ3n) is 6.42. The largest absolute Gasteiger partial charge is 0.457 e. The van der Waals surface area contributed by atoms with E-state index >= 15 is 0 Å². The van der Waals surface area contributed by atoms with E-state index in [4.69, 9.17) is 4.74 Å². The Labute approximate surface area is 206 Å². The summed E-state index contributed by atoms with van der Waals surface area (Å²) in [4.78, 5) is 19.3. The highest BCUT2D eigenvalue weighted by Gasteiger charge is 2.33. The van der Waals surface area contributed by atoms with Crippen LogP contribution in [0.25, 0.3) is 5.69 Å². The Morgan fingerprint density at radius 3 is 2.53 bits per heavy atom. The van der Waals surface area contributed by atoms with Crippen molar-refractivity contribution >= 4 is 5.82 Å². The second-order valence-electron chi connectivity index (χ2n) is 9.24. The molecule has 0 radical (unpaired) electrons. The first-order valence-corrected chi connectivity index (χ1v) is 11.5. The number of aliphatic hydroxyl groups excluding tert-OH is 1. The fourth-order valence-corrected chi connectivity index (χ4v) is 4.25. The third-order valence-corrected chi connectivity index (χ3v) is 6.42. The van der Waals surface area contributed by atoms with Crippen LogP contribution in [0.15, 0.2) is 71.9 Å². The molecule has 0 bridgehead atoms. The predicted octanol–water partition coefficient (Wildman–Crippen LogP) is 3.76. The summed E-state index contributed by atoms with van der Waals surface area (Å²) in [5.41, 5.74) is -0.376. The first-order chi connectivity index (χ1) is 17.3. The van der Waals surface area contributed by atoms with Crippen LogP contribution in [-0.4, -0.2) is 44.1 Å². The zero-order chi connectivity index (χ0) is 25.3. The van der Waals surface area contributed by atoms with Crippen molar-refractivity contribution in [3.8, 4) is 17.2 Å². The van der Waals surface area contributed by atoms with Gasteiger partial charge in [-0.25, -0.2) is 18.6 Å². The normalized spacial score (nSPS) is 17.5. The van der Waals surface area contributed by atoms with E-state index < -0.39 is 17.3 Å². The van der Waals surface area contributed by atoms with Crippen LogP contribution in [0.1, 0.15) is 18.9 Å².